The van der Waals surface area contributed by atoms with Gasteiger partial charge in [-0.1, -0.05) is 12.1 Å². The molecule has 1 aliphatic heterocycles. The van der Waals surface area contributed by atoms with E-state index in [1.54, 1.807) is 6.07 Å². The number of hydrogen-bond donors (Lipinski definition) is 4. The molecule has 2 aromatic rings. The van der Waals surface area contributed by atoms with Crippen molar-refractivity contribution in [3.05, 3.63) is 35.5 Å². The second-order valence-corrected chi connectivity index (χ2v) is 9.85. The summed E-state index contributed by atoms with van der Waals surface area (Å²) in [6.45, 7) is 0.722. The summed E-state index contributed by atoms with van der Waals surface area (Å²) in [5.74, 6) is 0.150. The average molecular weight is 387 g/mol. The molecule has 0 spiro atoms. The number of hydrogen-bond acceptors (Lipinski definition) is 3. The standard InChI is InChI=1S/C15H22N3O5PS/c1-16-25(22,23)10-11-2-3-13-14(9-17-15(13)8-11)12-4-6-18(7-5-12)24(19,20)21/h2-3,8-9,12,16-17H,4-7,10H2,1H3,(H2,19,20,21). The van der Waals surface area contributed by atoms with E-state index in [-0.39, 0.29) is 11.7 Å². The van der Waals surface area contributed by atoms with Gasteiger partial charge in [-0.05, 0) is 43.0 Å². The molecule has 1 aromatic carbocycles. The fraction of sp³-hybridized carbons (Fsp3) is 0.467. The third kappa shape index (κ3) is 4.13. The lowest BCUT2D eigenvalue weighted by Gasteiger charge is -2.31. The van der Waals surface area contributed by atoms with E-state index in [9.17, 15) is 22.8 Å². The van der Waals surface area contributed by atoms with Crippen molar-refractivity contribution in [2.75, 3.05) is 20.1 Å². The van der Waals surface area contributed by atoms with Crippen molar-refractivity contribution in [1.82, 2.24) is 14.4 Å². The Morgan fingerprint density at radius 2 is 2.00 bits per heavy atom. The molecule has 10 heteroatoms. The molecule has 0 radical (unpaired) electrons. The predicted molar refractivity (Wildman–Crippen MR) is 95.6 cm³/mol. The van der Waals surface area contributed by atoms with Crippen LogP contribution in [0.4, 0.5) is 0 Å². The maximum Gasteiger partial charge on any atom is 0.402 e. The van der Waals surface area contributed by atoms with Crippen molar-refractivity contribution < 1.29 is 22.8 Å². The summed E-state index contributed by atoms with van der Waals surface area (Å²) in [5.41, 5.74) is 2.69. The second-order valence-electron chi connectivity index (χ2n) is 6.33. The van der Waals surface area contributed by atoms with E-state index >= 15 is 0 Å². The summed E-state index contributed by atoms with van der Waals surface area (Å²) in [5, 5.41) is 1.03. The number of sulfonamides is 1. The van der Waals surface area contributed by atoms with Gasteiger partial charge in [-0.25, -0.2) is 22.4 Å². The van der Waals surface area contributed by atoms with Gasteiger partial charge >= 0.3 is 7.75 Å². The number of nitrogens with one attached hydrogen (secondary N) is 2. The highest BCUT2D eigenvalue weighted by Crippen LogP contribution is 2.44. The van der Waals surface area contributed by atoms with E-state index in [4.69, 9.17) is 0 Å². The average Bonchev–Trinajstić information content (AvgIpc) is 2.97. The van der Waals surface area contributed by atoms with Crippen LogP contribution in [0.15, 0.2) is 24.4 Å². The first-order valence-corrected chi connectivity index (χ1v) is 11.2. The Hall–Kier alpha value is -1.22. The molecular weight excluding hydrogens is 365 g/mol. The third-order valence-corrected chi connectivity index (χ3v) is 7.20. The van der Waals surface area contributed by atoms with Crippen molar-refractivity contribution in [2.24, 2.45) is 0 Å². The van der Waals surface area contributed by atoms with Crippen LogP contribution in [0.1, 0.15) is 29.9 Å². The summed E-state index contributed by atoms with van der Waals surface area (Å²) >= 11 is 0. The number of aromatic amines is 1. The quantitative estimate of drug-likeness (QED) is 0.577. The van der Waals surface area contributed by atoms with Crippen LogP contribution in [-0.4, -0.2) is 48.0 Å². The minimum atomic E-state index is -4.16. The van der Waals surface area contributed by atoms with Gasteiger partial charge in [0, 0.05) is 30.2 Å². The molecule has 1 saturated heterocycles. The SMILES string of the molecule is CNS(=O)(=O)Cc1ccc2c(C3CCN(P(=O)(O)O)CC3)c[nH]c2c1. The van der Waals surface area contributed by atoms with Crippen LogP contribution in [-0.2, 0) is 20.3 Å². The molecule has 1 fully saturated rings. The molecule has 25 heavy (non-hydrogen) atoms. The van der Waals surface area contributed by atoms with Crippen LogP contribution in [0.3, 0.4) is 0 Å². The zero-order valence-corrected chi connectivity index (χ0v) is 15.6. The molecule has 138 valence electrons. The lowest BCUT2D eigenvalue weighted by atomic mass is 9.90. The van der Waals surface area contributed by atoms with Crippen LogP contribution in [0.25, 0.3) is 10.9 Å². The zero-order valence-electron chi connectivity index (χ0n) is 13.8. The summed E-state index contributed by atoms with van der Waals surface area (Å²) < 4.78 is 38.2. The van der Waals surface area contributed by atoms with Gasteiger partial charge in [0.2, 0.25) is 10.0 Å². The molecule has 4 N–H and O–H groups in total. The summed E-state index contributed by atoms with van der Waals surface area (Å²) in [4.78, 5) is 21.7. The molecule has 8 nitrogen and oxygen atoms in total. The van der Waals surface area contributed by atoms with Gasteiger partial charge in [0.1, 0.15) is 0 Å². The molecule has 2 heterocycles. The number of aromatic nitrogens is 1. The number of fused-ring (bicyclic) bond motifs is 1. The molecule has 1 aromatic heterocycles. The van der Waals surface area contributed by atoms with Gasteiger partial charge in [-0.15, -0.1) is 0 Å². The first kappa shape index (κ1) is 18.6. The highest BCUT2D eigenvalue weighted by Gasteiger charge is 2.31. The Kier molecular flexibility index (Phi) is 5.07. The first-order chi connectivity index (χ1) is 11.7. The third-order valence-electron chi connectivity index (χ3n) is 4.73. The molecular formula is C15H22N3O5PS. The van der Waals surface area contributed by atoms with Crippen molar-refractivity contribution >= 4 is 28.7 Å². The fourth-order valence-electron chi connectivity index (χ4n) is 3.35. The Balaban J connectivity index is 1.79. The summed E-state index contributed by atoms with van der Waals surface area (Å²) in [7, 11) is -6.08. The molecule has 0 amide bonds. The molecule has 0 aliphatic carbocycles. The van der Waals surface area contributed by atoms with Crippen molar-refractivity contribution in [1.29, 1.82) is 0 Å². The van der Waals surface area contributed by atoms with Gasteiger partial charge < -0.3 is 14.8 Å². The van der Waals surface area contributed by atoms with Crippen LogP contribution in [0.2, 0.25) is 0 Å². The largest absolute Gasteiger partial charge is 0.402 e. The van der Waals surface area contributed by atoms with Gasteiger partial charge in [0.25, 0.3) is 0 Å². The highest BCUT2D eigenvalue weighted by molar-refractivity contribution is 7.88. The fourth-order valence-corrected chi connectivity index (χ4v) is 4.87. The van der Waals surface area contributed by atoms with E-state index in [2.05, 4.69) is 9.71 Å². The molecule has 1 aliphatic rings. The molecule has 0 atom stereocenters. The van der Waals surface area contributed by atoms with Crippen LogP contribution in [0.5, 0.6) is 0 Å². The van der Waals surface area contributed by atoms with E-state index in [1.165, 1.54) is 11.7 Å². The van der Waals surface area contributed by atoms with E-state index in [1.807, 2.05) is 18.3 Å². The minimum absolute atomic E-state index is 0.0749. The molecule has 0 bridgehead atoms. The van der Waals surface area contributed by atoms with Gasteiger partial charge in [-0.2, -0.15) is 0 Å². The van der Waals surface area contributed by atoms with Crippen molar-refractivity contribution in [3.63, 3.8) is 0 Å². The summed E-state index contributed by atoms with van der Waals surface area (Å²) in [6, 6.07) is 5.55. The number of piperidine rings is 1. The monoisotopic (exact) mass is 387 g/mol. The number of rotatable bonds is 5. The zero-order chi connectivity index (χ0) is 18.2. The maximum atomic E-state index is 11.7. The molecule has 0 unspecified atom stereocenters. The number of H-pyrrole nitrogens is 1. The lowest BCUT2D eigenvalue weighted by molar-refractivity contribution is 0.234. The van der Waals surface area contributed by atoms with Crippen molar-refractivity contribution in [2.45, 2.75) is 24.5 Å². The second kappa shape index (κ2) is 6.83. The van der Waals surface area contributed by atoms with Crippen molar-refractivity contribution in [3.8, 4) is 0 Å². The minimum Gasteiger partial charge on any atom is -0.361 e. The lowest BCUT2D eigenvalue weighted by Crippen LogP contribution is -2.30. The van der Waals surface area contributed by atoms with Gasteiger partial charge in [0.15, 0.2) is 0 Å². The van der Waals surface area contributed by atoms with Gasteiger partial charge in [0.05, 0.1) is 5.75 Å². The summed E-state index contributed by atoms with van der Waals surface area (Å²) in [6.07, 6.45) is 3.26. The Morgan fingerprint density at radius 1 is 1.32 bits per heavy atom. The molecule has 3 rings (SSSR count). The van der Waals surface area contributed by atoms with E-state index < -0.39 is 17.8 Å². The maximum absolute atomic E-state index is 11.7. The smallest absolute Gasteiger partial charge is 0.361 e. The van der Waals surface area contributed by atoms with E-state index in [0.717, 1.165) is 16.5 Å². The number of benzene rings is 1. The van der Waals surface area contributed by atoms with Crippen LogP contribution < -0.4 is 4.72 Å². The Bertz CT molecular complexity index is 912. The Morgan fingerprint density at radius 3 is 2.60 bits per heavy atom. The first-order valence-electron chi connectivity index (χ1n) is 8.02. The predicted octanol–water partition coefficient (Wildman–Crippen LogP) is 1.49. The van der Waals surface area contributed by atoms with E-state index in [0.29, 0.717) is 31.5 Å². The van der Waals surface area contributed by atoms with Crippen LogP contribution in [0, 0.1) is 0 Å². The number of nitrogens with zero attached hydrogens (tertiary/aromatic N) is 1. The van der Waals surface area contributed by atoms with Gasteiger partial charge in [-0.3, -0.25) is 0 Å². The molecule has 0 saturated carbocycles. The normalized spacial score (nSPS) is 18.0. The Labute approximate surface area is 146 Å². The highest BCUT2D eigenvalue weighted by atomic mass is 32.2. The van der Waals surface area contributed by atoms with Crippen LogP contribution >= 0.6 is 7.75 Å². The topological polar surface area (TPSA) is 123 Å².